The molecule has 1 aromatic heterocycles. The van der Waals surface area contributed by atoms with Crippen LogP contribution < -0.4 is 11.1 Å². The maximum absolute atomic E-state index is 5.62. The van der Waals surface area contributed by atoms with Crippen LogP contribution in [0, 0.1) is 0 Å². The molecule has 1 atom stereocenters. The normalized spacial score (nSPS) is 12.8. The van der Waals surface area contributed by atoms with E-state index in [2.05, 4.69) is 33.2 Å². The summed E-state index contributed by atoms with van der Waals surface area (Å²) in [6, 6.07) is 0.350. The van der Waals surface area contributed by atoms with Gasteiger partial charge in [0.05, 0.1) is 0 Å². The van der Waals surface area contributed by atoms with Crippen LogP contribution in [0.2, 0.25) is 0 Å². The molecule has 1 aromatic rings. The van der Waals surface area contributed by atoms with Crippen molar-refractivity contribution < 1.29 is 0 Å². The molecule has 1 heterocycles. The highest BCUT2D eigenvalue weighted by Crippen LogP contribution is 2.20. The molecule has 0 bridgehead atoms. The van der Waals surface area contributed by atoms with Crippen LogP contribution in [0.3, 0.4) is 0 Å². The van der Waals surface area contributed by atoms with Crippen molar-refractivity contribution in [2.45, 2.75) is 25.8 Å². The molecule has 0 aliphatic heterocycles. The second kappa shape index (κ2) is 5.57. The van der Waals surface area contributed by atoms with Crippen molar-refractivity contribution in [3.05, 3.63) is 9.98 Å². The number of hydrogen-bond donors (Lipinski definition) is 2. The van der Waals surface area contributed by atoms with E-state index in [1.807, 2.05) is 5.38 Å². The highest BCUT2D eigenvalue weighted by Gasteiger charge is 2.06. The molecule has 0 spiro atoms. The average molecular weight is 264 g/mol. The summed E-state index contributed by atoms with van der Waals surface area (Å²) >= 11 is 4.91. The van der Waals surface area contributed by atoms with Gasteiger partial charge in [-0.25, -0.2) is 4.98 Å². The molecule has 3 N–H and O–H groups in total. The first-order valence-electron chi connectivity index (χ1n) is 4.34. The summed E-state index contributed by atoms with van der Waals surface area (Å²) in [6.45, 7) is 2.81. The zero-order valence-corrected chi connectivity index (χ0v) is 9.99. The third-order valence-corrected chi connectivity index (χ3v) is 3.21. The quantitative estimate of drug-likeness (QED) is 0.858. The van der Waals surface area contributed by atoms with E-state index in [0.29, 0.717) is 12.6 Å². The number of rotatable bonds is 5. The number of halogens is 1. The largest absolute Gasteiger partial charge is 0.357 e. The lowest BCUT2D eigenvalue weighted by Crippen LogP contribution is -2.28. The standard InChI is InChI=1S/C8H14BrN3S/c1-2-3-6(4-10)11-8-12-7(9)5-13-8/h5-6H,2-4,10H2,1H3,(H,11,12). The van der Waals surface area contributed by atoms with Crippen molar-refractivity contribution in [3.8, 4) is 0 Å². The molecule has 0 fully saturated rings. The zero-order valence-electron chi connectivity index (χ0n) is 7.59. The first-order valence-corrected chi connectivity index (χ1v) is 6.01. The van der Waals surface area contributed by atoms with Crippen molar-refractivity contribution in [2.24, 2.45) is 5.73 Å². The van der Waals surface area contributed by atoms with Gasteiger partial charge in [-0.2, -0.15) is 0 Å². The number of nitrogens with one attached hydrogen (secondary N) is 1. The summed E-state index contributed by atoms with van der Waals surface area (Å²) in [5.41, 5.74) is 5.62. The van der Waals surface area contributed by atoms with Gasteiger partial charge in [0.1, 0.15) is 4.60 Å². The van der Waals surface area contributed by atoms with E-state index in [4.69, 9.17) is 5.73 Å². The van der Waals surface area contributed by atoms with E-state index in [1.54, 1.807) is 11.3 Å². The lowest BCUT2D eigenvalue weighted by Gasteiger charge is -2.14. The summed E-state index contributed by atoms with van der Waals surface area (Å²) < 4.78 is 0.882. The third kappa shape index (κ3) is 3.62. The molecule has 0 saturated heterocycles. The molecular weight excluding hydrogens is 250 g/mol. The number of aromatic nitrogens is 1. The summed E-state index contributed by atoms with van der Waals surface area (Å²) in [7, 11) is 0. The van der Waals surface area contributed by atoms with Gasteiger partial charge in [-0.15, -0.1) is 11.3 Å². The van der Waals surface area contributed by atoms with Crippen molar-refractivity contribution in [1.29, 1.82) is 0 Å². The Morgan fingerprint density at radius 1 is 1.77 bits per heavy atom. The summed E-state index contributed by atoms with van der Waals surface area (Å²) in [4.78, 5) is 4.25. The maximum atomic E-state index is 5.62. The Morgan fingerprint density at radius 2 is 2.54 bits per heavy atom. The Bertz CT molecular complexity index is 251. The van der Waals surface area contributed by atoms with E-state index in [1.165, 1.54) is 0 Å². The van der Waals surface area contributed by atoms with Crippen molar-refractivity contribution in [3.63, 3.8) is 0 Å². The SMILES string of the molecule is CCCC(CN)Nc1nc(Br)cs1. The number of nitrogens with zero attached hydrogens (tertiary/aromatic N) is 1. The van der Waals surface area contributed by atoms with E-state index in [9.17, 15) is 0 Å². The second-order valence-electron chi connectivity index (χ2n) is 2.84. The second-order valence-corrected chi connectivity index (χ2v) is 4.51. The molecule has 1 unspecified atom stereocenters. The van der Waals surface area contributed by atoms with Gasteiger partial charge in [-0.05, 0) is 22.4 Å². The predicted octanol–water partition coefficient (Wildman–Crippen LogP) is 2.44. The van der Waals surface area contributed by atoms with Crippen molar-refractivity contribution in [1.82, 2.24) is 4.98 Å². The number of thiazole rings is 1. The molecule has 0 aromatic carbocycles. The molecule has 13 heavy (non-hydrogen) atoms. The average Bonchev–Trinajstić information content (AvgIpc) is 2.50. The van der Waals surface area contributed by atoms with Gasteiger partial charge in [-0.3, -0.25) is 0 Å². The molecule has 0 aliphatic carbocycles. The molecule has 0 aliphatic rings. The molecule has 5 heteroatoms. The molecule has 0 saturated carbocycles. The van der Waals surface area contributed by atoms with Gasteiger partial charge in [0.2, 0.25) is 0 Å². The van der Waals surface area contributed by atoms with E-state index in [-0.39, 0.29) is 0 Å². The summed E-state index contributed by atoms with van der Waals surface area (Å²) in [5, 5.41) is 6.20. The monoisotopic (exact) mass is 263 g/mol. The van der Waals surface area contributed by atoms with E-state index in [0.717, 1.165) is 22.6 Å². The fourth-order valence-corrected chi connectivity index (χ4v) is 2.31. The van der Waals surface area contributed by atoms with Crippen molar-refractivity contribution in [2.75, 3.05) is 11.9 Å². The van der Waals surface area contributed by atoms with Crippen molar-refractivity contribution >= 4 is 32.4 Å². The minimum absolute atomic E-state index is 0.350. The molecule has 0 amide bonds. The van der Waals surface area contributed by atoms with Gasteiger partial charge in [-0.1, -0.05) is 13.3 Å². The van der Waals surface area contributed by atoms with Gasteiger partial charge < -0.3 is 11.1 Å². The molecule has 1 rings (SSSR count). The highest BCUT2D eigenvalue weighted by atomic mass is 79.9. The molecule has 0 radical (unpaired) electrons. The predicted molar refractivity (Wildman–Crippen MR) is 61.2 cm³/mol. The van der Waals surface area contributed by atoms with Crippen LogP contribution in [-0.2, 0) is 0 Å². The minimum Gasteiger partial charge on any atom is -0.357 e. The first kappa shape index (κ1) is 10.9. The summed E-state index contributed by atoms with van der Waals surface area (Å²) in [5.74, 6) is 0. The van der Waals surface area contributed by atoms with Crippen LogP contribution in [0.4, 0.5) is 5.13 Å². The van der Waals surface area contributed by atoms with E-state index < -0.39 is 0 Å². The number of nitrogens with two attached hydrogens (primary N) is 1. The minimum atomic E-state index is 0.350. The Kier molecular flexibility index (Phi) is 4.69. The smallest absolute Gasteiger partial charge is 0.183 e. The van der Waals surface area contributed by atoms with Gasteiger partial charge in [0.25, 0.3) is 0 Å². The van der Waals surface area contributed by atoms with Crippen LogP contribution >= 0.6 is 27.3 Å². The molecule has 3 nitrogen and oxygen atoms in total. The lowest BCUT2D eigenvalue weighted by atomic mass is 10.2. The van der Waals surface area contributed by atoms with Gasteiger partial charge in [0, 0.05) is 18.0 Å². The van der Waals surface area contributed by atoms with Crippen LogP contribution in [0.1, 0.15) is 19.8 Å². The first-order chi connectivity index (χ1) is 6.26. The van der Waals surface area contributed by atoms with E-state index >= 15 is 0 Å². The summed E-state index contributed by atoms with van der Waals surface area (Å²) in [6.07, 6.45) is 2.23. The maximum Gasteiger partial charge on any atom is 0.183 e. The zero-order chi connectivity index (χ0) is 9.68. The Labute approximate surface area is 90.9 Å². The van der Waals surface area contributed by atoms with Crippen LogP contribution in [0.25, 0.3) is 0 Å². The van der Waals surface area contributed by atoms with Crippen LogP contribution in [0.5, 0.6) is 0 Å². The van der Waals surface area contributed by atoms with Gasteiger partial charge in [0.15, 0.2) is 5.13 Å². The Morgan fingerprint density at radius 3 is 3.00 bits per heavy atom. The van der Waals surface area contributed by atoms with Crippen LogP contribution in [0.15, 0.2) is 9.98 Å². The van der Waals surface area contributed by atoms with Gasteiger partial charge >= 0.3 is 0 Å². The third-order valence-electron chi connectivity index (χ3n) is 1.73. The highest BCUT2D eigenvalue weighted by molar-refractivity contribution is 9.10. The Balaban J connectivity index is 2.46. The molecular formula is C8H14BrN3S. The number of anilines is 1. The lowest BCUT2D eigenvalue weighted by molar-refractivity contribution is 0.647. The topological polar surface area (TPSA) is 50.9 Å². The number of hydrogen-bond acceptors (Lipinski definition) is 4. The molecule has 74 valence electrons. The Hall–Kier alpha value is -0.130. The fourth-order valence-electron chi connectivity index (χ4n) is 1.09. The fraction of sp³-hybridized carbons (Fsp3) is 0.625. The van der Waals surface area contributed by atoms with Crippen LogP contribution in [-0.4, -0.2) is 17.6 Å².